The van der Waals surface area contributed by atoms with Crippen molar-refractivity contribution in [1.29, 1.82) is 0 Å². The number of hydrogen-bond acceptors (Lipinski definition) is 6. The highest BCUT2D eigenvalue weighted by Gasteiger charge is 2.12. The Bertz CT molecular complexity index is 925. The molecule has 0 spiro atoms. The molecule has 8 heteroatoms. The third-order valence-corrected chi connectivity index (χ3v) is 4.30. The van der Waals surface area contributed by atoms with Crippen LogP contribution in [0.2, 0.25) is 0 Å². The molecule has 3 rings (SSSR count). The number of nitrogens with zero attached hydrogens (tertiary/aromatic N) is 2. The molecular formula is C19H18FN3O3S. The van der Waals surface area contributed by atoms with Gasteiger partial charge in [0.25, 0.3) is 11.1 Å². The smallest absolute Gasteiger partial charge is 0.277 e. The Balaban J connectivity index is 1.49. The molecule has 6 nitrogen and oxygen atoms in total. The second kappa shape index (κ2) is 8.68. The minimum atomic E-state index is -0.487. The Kier molecular flexibility index (Phi) is 6.08. The standard InChI is InChI=1S/C19H18FN3O3S/c1-12-7-13(2)9-14(8-12)25-10-18-22-23-19(26-18)27-11-17(24)21-16-6-4-3-5-15(16)20/h3-9H,10-11H2,1-2H3,(H,21,24). The Morgan fingerprint density at radius 3 is 2.67 bits per heavy atom. The van der Waals surface area contributed by atoms with Crippen molar-refractivity contribution in [2.45, 2.75) is 25.7 Å². The lowest BCUT2D eigenvalue weighted by Crippen LogP contribution is -2.14. The number of carbonyl (C=O) groups is 1. The summed E-state index contributed by atoms with van der Waals surface area (Å²) in [6.45, 7) is 4.12. The largest absolute Gasteiger partial charge is 0.484 e. The molecule has 0 bridgehead atoms. The van der Waals surface area contributed by atoms with Crippen LogP contribution in [0.15, 0.2) is 52.1 Å². The summed E-state index contributed by atoms with van der Waals surface area (Å²) in [6.07, 6.45) is 0. The lowest BCUT2D eigenvalue weighted by Gasteiger charge is -2.05. The molecule has 0 aliphatic rings. The van der Waals surface area contributed by atoms with E-state index < -0.39 is 5.82 Å². The molecule has 0 aliphatic heterocycles. The van der Waals surface area contributed by atoms with E-state index in [1.807, 2.05) is 26.0 Å². The molecule has 3 aromatic rings. The third kappa shape index (κ3) is 5.55. The molecule has 0 saturated heterocycles. The second-order valence-electron chi connectivity index (χ2n) is 5.89. The summed E-state index contributed by atoms with van der Waals surface area (Å²) in [5, 5.41) is 10.5. The first-order chi connectivity index (χ1) is 13.0. The number of carbonyl (C=O) groups excluding carboxylic acids is 1. The Morgan fingerprint density at radius 1 is 1.19 bits per heavy atom. The Hall–Kier alpha value is -2.87. The van der Waals surface area contributed by atoms with Gasteiger partial charge in [-0.1, -0.05) is 30.0 Å². The first-order valence-corrected chi connectivity index (χ1v) is 9.19. The zero-order valence-corrected chi connectivity index (χ0v) is 15.7. The molecular weight excluding hydrogens is 369 g/mol. The number of ether oxygens (including phenoxy) is 1. The van der Waals surface area contributed by atoms with E-state index in [2.05, 4.69) is 21.6 Å². The van der Waals surface area contributed by atoms with Crippen molar-refractivity contribution in [2.75, 3.05) is 11.1 Å². The number of benzene rings is 2. The van der Waals surface area contributed by atoms with Gasteiger partial charge in [-0.25, -0.2) is 4.39 Å². The van der Waals surface area contributed by atoms with Crippen molar-refractivity contribution in [1.82, 2.24) is 10.2 Å². The molecule has 1 amide bonds. The van der Waals surface area contributed by atoms with Crippen molar-refractivity contribution < 1.29 is 18.3 Å². The summed E-state index contributed by atoms with van der Waals surface area (Å²) >= 11 is 1.07. The van der Waals surface area contributed by atoms with Gasteiger partial charge in [0.2, 0.25) is 5.91 Å². The van der Waals surface area contributed by atoms with E-state index in [-0.39, 0.29) is 29.2 Å². The predicted octanol–water partition coefficient (Wildman–Crippen LogP) is 4.14. The van der Waals surface area contributed by atoms with Crippen molar-refractivity contribution in [3.05, 3.63) is 65.3 Å². The molecule has 2 aromatic carbocycles. The van der Waals surface area contributed by atoms with Crippen molar-refractivity contribution in [3.63, 3.8) is 0 Å². The molecule has 0 saturated carbocycles. The number of anilines is 1. The number of thioether (sulfide) groups is 1. The number of aryl methyl sites for hydroxylation is 2. The summed E-state index contributed by atoms with van der Waals surface area (Å²) in [5.41, 5.74) is 2.34. The predicted molar refractivity (Wildman–Crippen MR) is 100 cm³/mol. The van der Waals surface area contributed by atoms with Crippen molar-refractivity contribution in [2.24, 2.45) is 0 Å². The van der Waals surface area contributed by atoms with Crippen LogP contribution in [0, 0.1) is 19.7 Å². The molecule has 0 atom stereocenters. The van der Waals surface area contributed by atoms with E-state index in [0.29, 0.717) is 5.89 Å². The number of rotatable bonds is 7. The van der Waals surface area contributed by atoms with E-state index >= 15 is 0 Å². The van der Waals surface area contributed by atoms with Crippen LogP contribution in [0.3, 0.4) is 0 Å². The van der Waals surface area contributed by atoms with Gasteiger partial charge in [0.15, 0.2) is 6.61 Å². The van der Waals surface area contributed by atoms with Crippen LogP contribution in [-0.4, -0.2) is 21.9 Å². The Morgan fingerprint density at radius 2 is 1.93 bits per heavy atom. The minimum absolute atomic E-state index is 0.0217. The van der Waals surface area contributed by atoms with Crippen molar-refractivity contribution >= 4 is 23.4 Å². The van der Waals surface area contributed by atoms with Crippen LogP contribution in [0.5, 0.6) is 5.75 Å². The van der Waals surface area contributed by atoms with Crippen LogP contribution in [0.1, 0.15) is 17.0 Å². The molecule has 0 radical (unpaired) electrons. The SMILES string of the molecule is Cc1cc(C)cc(OCc2nnc(SCC(=O)Nc3ccccc3F)o2)c1. The van der Waals surface area contributed by atoms with Crippen LogP contribution >= 0.6 is 11.8 Å². The number of aromatic nitrogens is 2. The molecule has 0 unspecified atom stereocenters. The maximum Gasteiger partial charge on any atom is 0.277 e. The average Bonchev–Trinajstić information content (AvgIpc) is 3.07. The van der Waals surface area contributed by atoms with E-state index in [9.17, 15) is 9.18 Å². The molecule has 0 fully saturated rings. The second-order valence-corrected chi connectivity index (χ2v) is 6.82. The maximum atomic E-state index is 13.5. The van der Waals surface area contributed by atoms with Crippen LogP contribution in [-0.2, 0) is 11.4 Å². The van der Waals surface area contributed by atoms with Gasteiger partial charge in [0.1, 0.15) is 11.6 Å². The number of hydrogen-bond donors (Lipinski definition) is 1. The summed E-state index contributed by atoms with van der Waals surface area (Å²) in [7, 11) is 0. The highest BCUT2D eigenvalue weighted by Crippen LogP contribution is 2.20. The van der Waals surface area contributed by atoms with E-state index in [4.69, 9.17) is 9.15 Å². The fraction of sp³-hybridized carbons (Fsp3) is 0.211. The summed E-state index contributed by atoms with van der Waals surface area (Å²) in [6, 6.07) is 11.9. The van der Waals surface area contributed by atoms with Gasteiger partial charge < -0.3 is 14.5 Å². The molecule has 27 heavy (non-hydrogen) atoms. The van der Waals surface area contributed by atoms with Crippen molar-refractivity contribution in [3.8, 4) is 5.75 Å². The van der Waals surface area contributed by atoms with E-state index in [0.717, 1.165) is 28.6 Å². The Labute approximate surface area is 160 Å². The average molecular weight is 387 g/mol. The van der Waals surface area contributed by atoms with Gasteiger partial charge in [0.05, 0.1) is 11.4 Å². The third-order valence-electron chi connectivity index (χ3n) is 3.48. The number of para-hydroxylation sites is 1. The molecule has 1 N–H and O–H groups in total. The van der Waals surface area contributed by atoms with Gasteiger partial charge in [-0.05, 0) is 49.2 Å². The van der Waals surface area contributed by atoms with Gasteiger partial charge in [0, 0.05) is 0 Å². The van der Waals surface area contributed by atoms with Gasteiger partial charge in [-0.15, -0.1) is 10.2 Å². The summed E-state index contributed by atoms with van der Waals surface area (Å²) < 4.78 is 24.6. The molecule has 1 aromatic heterocycles. The van der Waals surface area contributed by atoms with E-state index in [1.54, 1.807) is 12.1 Å². The molecule has 0 aliphatic carbocycles. The van der Waals surface area contributed by atoms with Gasteiger partial charge in [-0.2, -0.15) is 0 Å². The lowest BCUT2D eigenvalue weighted by atomic mass is 10.1. The lowest BCUT2D eigenvalue weighted by molar-refractivity contribution is -0.113. The fourth-order valence-electron chi connectivity index (χ4n) is 2.39. The van der Waals surface area contributed by atoms with Crippen LogP contribution in [0.4, 0.5) is 10.1 Å². The number of amides is 1. The van der Waals surface area contributed by atoms with E-state index in [1.165, 1.54) is 12.1 Å². The maximum absolute atomic E-state index is 13.5. The van der Waals surface area contributed by atoms with Gasteiger partial charge in [-0.3, -0.25) is 4.79 Å². The zero-order valence-electron chi connectivity index (χ0n) is 14.9. The summed E-state index contributed by atoms with van der Waals surface area (Å²) in [5.74, 6) is 0.208. The number of nitrogens with one attached hydrogen (secondary N) is 1. The van der Waals surface area contributed by atoms with Crippen LogP contribution < -0.4 is 10.1 Å². The van der Waals surface area contributed by atoms with Crippen LogP contribution in [0.25, 0.3) is 0 Å². The first-order valence-electron chi connectivity index (χ1n) is 8.20. The highest BCUT2D eigenvalue weighted by atomic mass is 32.2. The normalized spacial score (nSPS) is 10.6. The molecule has 1 heterocycles. The fourth-order valence-corrected chi connectivity index (χ4v) is 2.97. The quantitative estimate of drug-likeness (QED) is 0.614. The first kappa shape index (κ1) is 18.9. The topological polar surface area (TPSA) is 77.2 Å². The summed E-state index contributed by atoms with van der Waals surface area (Å²) in [4.78, 5) is 11.9. The minimum Gasteiger partial charge on any atom is -0.484 e. The monoisotopic (exact) mass is 387 g/mol. The molecule has 140 valence electrons. The number of halogens is 1. The highest BCUT2D eigenvalue weighted by molar-refractivity contribution is 7.99. The zero-order chi connectivity index (χ0) is 19.2. The van der Waals surface area contributed by atoms with Gasteiger partial charge >= 0.3 is 0 Å².